The van der Waals surface area contributed by atoms with E-state index in [1.807, 2.05) is 0 Å². The first-order valence-electron chi connectivity index (χ1n) is 5.14. The Kier molecular flexibility index (Phi) is 4.19. The summed E-state index contributed by atoms with van der Waals surface area (Å²) in [7, 11) is 3.14. The number of carbonyl (C=O) groups is 1. The first-order valence-corrected chi connectivity index (χ1v) is 5.14. The molecule has 6 nitrogen and oxygen atoms in total. The van der Waals surface area contributed by atoms with Crippen LogP contribution in [0.2, 0.25) is 0 Å². The van der Waals surface area contributed by atoms with E-state index in [2.05, 4.69) is 0 Å². The molecule has 0 saturated carbocycles. The highest BCUT2D eigenvalue weighted by molar-refractivity contribution is 5.80. The van der Waals surface area contributed by atoms with Crippen LogP contribution in [0.15, 0.2) is 18.2 Å². The predicted molar refractivity (Wildman–Crippen MR) is 61.8 cm³/mol. The largest absolute Gasteiger partial charge is 0.481 e. The molecule has 0 aromatic heterocycles. The minimum absolute atomic E-state index is 0.0702. The van der Waals surface area contributed by atoms with Gasteiger partial charge in [-0.1, -0.05) is 0 Å². The molecule has 1 aromatic carbocycles. The van der Waals surface area contributed by atoms with Gasteiger partial charge in [-0.25, -0.2) is 0 Å². The number of hydrogen-bond donors (Lipinski definition) is 0. The van der Waals surface area contributed by atoms with E-state index < -0.39 is 22.5 Å². The molecule has 0 heterocycles. The third-order valence-corrected chi connectivity index (χ3v) is 2.22. The van der Waals surface area contributed by atoms with Gasteiger partial charge in [0.15, 0.2) is 6.10 Å². The molecule has 0 spiro atoms. The lowest BCUT2D eigenvalue weighted by atomic mass is 10.3. The van der Waals surface area contributed by atoms with Crippen LogP contribution < -0.4 is 4.74 Å². The van der Waals surface area contributed by atoms with Gasteiger partial charge in [0.1, 0.15) is 5.75 Å². The zero-order chi connectivity index (χ0) is 13.9. The van der Waals surface area contributed by atoms with Crippen molar-refractivity contribution in [3.05, 3.63) is 34.1 Å². The third-order valence-electron chi connectivity index (χ3n) is 2.22. The summed E-state index contributed by atoms with van der Waals surface area (Å²) in [5.74, 6) is -1.21. The molecule has 0 aliphatic rings. The van der Waals surface area contributed by atoms with Crippen LogP contribution in [-0.2, 0) is 4.79 Å². The van der Waals surface area contributed by atoms with E-state index in [4.69, 9.17) is 4.74 Å². The molecule has 0 fully saturated rings. The van der Waals surface area contributed by atoms with Crippen LogP contribution in [0, 0.1) is 15.9 Å². The van der Waals surface area contributed by atoms with Gasteiger partial charge in [-0.15, -0.1) is 0 Å². The first kappa shape index (κ1) is 13.9. The number of halogens is 1. The van der Waals surface area contributed by atoms with Crippen LogP contribution in [0.5, 0.6) is 5.75 Å². The SMILES string of the molecule is CC(Oc1ccc([N+](=O)[O-])c(F)c1)C(=O)N(C)C. The molecule has 0 radical (unpaired) electrons. The molecule has 1 rings (SSSR count). The lowest BCUT2D eigenvalue weighted by Gasteiger charge is -2.18. The zero-order valence-corrected chi connectivity index (χ0v) is 10.2. The summed E-state index contributed by atoms with van der Waals surface area (Å²) < 4.78 is 18.5. The average Bonchev–Trinajstić information content (AvgIpc) is 2.27. The maximum absolute atomic E-state index is 13.3. The molecular formula is C11H13FN2O4. The molecule has 1 aromatic rings. The van der Waals surface area contributed by atoms with Crippen molar-refractivity contribution in [3.8, 4) is 5.75 Å². The second-order valence-corrected chi connectivity index (χ2v) is 3.86. The van der Waals surface area contributed by atoms with Crippen molar-refractivity contribution in [2.75, 3.05) is 14.1 Å². The highest BCUT2D eigenvalue weighted by Crippen LogP contribution is 2.23. The first-order chi connectivity index (χ1) is 8.32. The number of rotatable bonds is 4. The Morgan fingerprint density at radius 3 is 2.56 bits per heavy atom. The maximum Gasteiger partial charge on any atom is 0.305 e. The number of hydrogen-bond acceptors (Lipinski definition) is 4. The molecular weight excluding hydrogens is 243 g/mol. The quantitative estimate of drug-likeness (QED) is 0.605. The molecule has 1 unspecified atom stereocenters. The van der Waals surface area contributed by atoms with E-state index in [0.29, 0.717) is 0 Å². The Morgan fingerprint density at radius 1 is 1.50 bits per heavy atom. The van der Waals surface area contributed by atoms with Crippen LogP contribution in [0.25, 0.3) is 0 Å². The van der Waals surface area contributed by atoms with Gasteiger partial charge in [-0.3, -0.25) is 14.9 Å². The molecule has 0 saturated heterocycles. The summed E-state index contributed by atoms with van der Waals surface area (Å²) in [4.78, 5) is 22.4. The Bertz CT molecular complexity index is 476. The molecule has 0 aliphatic carbocycles. The Balaban J connectivity index is 2.84. The molecule has 1 amide bonds. The van der Waals surface area contributed by atoms with E-state index in [9.17, 15) is 19.3 Å². The van der Waals surface area contributed by atoms with E-state index in [1.54, 1.807) is 14.1 Å². The lowest BCUT2D eigenvalue weighted by molar-refractivity contribution is -0.387. The third kappa shape index (κ3) is 3.16. The van der Waals surface area contributed by atoms with Gasteiger partial charge < -0.3 is 9.64 Å². The van der Waals surface area contributed by atoms with E-state index >= 15 is 0 Å². The lowest BCUT2D eigenvalue weighted by Crippen LogP contribution is -2.35. The minimum Gasteiger partial charge on any atom is -0.481 e. The van der Waals surface area contributed by atoms with Crippen molar-refractivity contribution in [1.82, 2.24) is 4.90 Å². The van der Waals surface area contributed by atoms with Crippen molar-refractivity contribution < 1.29 is 18.8 Å². The molecule has 1 atom stereocenters. The van der Waals surface area contributed by atoms with Gasteiger partial charge in [-0.2, -0.15) is 4.39 Å². The fourth-order valence-corrected chi connectivity index (χ4v) is 1.33. The highest BCUT2D eigenvalue weighted by Gasteiger charge is 2.19. The van der Waals surface area contributed by atoms with Crippen molar-refractivity contribution in [2.24, 2.45) is 0 Å². The fraction of sp³-hybridized carbons (Fsp3) is 0.364. The maximum atomic E-state index is 13.3. The average molecular weight is 256 g/mol. The van der Waals surface area contributed by atoms with Gasteiger partial charge in [-0.05, 0) is 13.0 Å². The van der Waals surface area contributed by atoms with E-state index in [-0.39, 0.29) is 11.7 Å². The van der Waals surface area contributed by atoms with E-state index in [0.717, 1.165) is 12.1 Å². The number of amides is 1. The number of nitro benzene ring substituents is 1. The van der Waals surface area contributed by atoms with Gasteiger partial charge in [0.25, 0.3) is 5.91 Å². The van der Waals surface area contributed by atoms with E-state index in [1.165, 1.54) is 17.9 Å². The number of benzene rings is 1. The number of nitrogens with zero attached hydrogens (tertiary/aromatic N) is 2. The van der Waals surface area contributed by atoms with Gasteiger partial charge >= 0.3 is 5.69 Å². The highest BCUT2D eigenvalue weighted by atomic mass is 19.1. The van der Waals surface area contributed by atoms with Gasteiger partial charge in [0.2, 0.25) is 5.82 Å². The van der Waals surface area contributed by atoms with Crippen molar-refractivity contribution in [3.63, 3.8) is 0 Å². The predicted octanol–water partition coefficient (Wildman–Crippen LogP) is 1.59. The monoisotopic (exact) mass is 256 g/mol. The number of ether oxygens (including phenoxy) is 1. The van der Waals surface area contributed by atoms with Crippen molar-refractivity contribution in [2.45, 2.75) is 13.0 Å². The van der Waals surface area contributed by atoms with Gasteiger partial charge in [0, 0.05) is 26.2 Å². The topological polar surface area (TPSA) is 72.7 Å². The van der Waals surface area contributed by atoms with Crippen LogP contribution in [-0.4, -0.2) is 35.9 Å². The van der Waals surface area contributed by atoms with Crippen molar-refractivity contribution in [1.29, 1.82) is 0 Å². The standard InChI is InChI=1S/C11H13FN2O4/c1-7(11(15)13(2)3)18-8-4-5-10(14(16)17)9(12)6-8/h4-7H,1-3H3. The summed E-state index contributed by atoms with van der Waals surface area (Å²) in [6.45, 7) is 1.52. The van der Waals surface area contributed by atoms with Crippen molar-refractivity contribution >= 4 is 11.6 Å². The normalized spacial score (nSPS) is 11.8. The molecule has 0 bridgehead atoms. The molecule has 0 N–H and O–H groups in total. The van der Waals surface area contributed by atoms with Crippen LogP contribution >= 0.6 is 0 Å². The number of likely N-dealkylation sites (N-methyl/N-ethyl adjacent to an activating group) is 1. The van der Waals surface area contributed by atoms with Crippen LogP contribution in [0.1, 0.15) is 6.92 Å². The summed E-state index contributed by atoms with van der Waals surface area (Å²) in [5.41, 5.74) is -0.631. The number of nitro groups is 1. The van der Waals surface area contributed by atoms with Gasteiger partial charge in [0.05, 0.1) is 4.92 Å². The van der Waals surface area contributed by atoms with Crippen LogP contribution in [0.3, 0.4) is 0 Å². The Labute approximate surface area is 103 Å². The number of carbonyl (C=O) groups excluding carboxylic acids is 1. The molecule has 98 valence electrons. The Morgan fingerprint density at radius 2 is 2.11 bits per heavy atom. The summed E-state index contributed by atoms with van der Waals surface area (Å²) in [5, 5.41) is 10.4. The smallest absolute Gasteiger partial charge is 0.305 e. The van der Waals surface area contributed by atoms with Crippen LogP contribution in [0.4, 0.5) is 10.1 Å². The second kappa shape index (κ2) is 5.44. The zero-order valence-electron chi connectivity index (χ0n) is 10.2. The summed E-state index contributed by atoms with van der Waals surface area (Å²) in [6, 6.07) is 3.13. The second-order valence-electron chi connectivity index (χ2n) is 3.86. The molecule has 7 heteroatoms. The molecule has 18 heavy (non-hydrogen) atoms. The summed E-state index contributed by atoms with van der Waals surface area (Å²) >= 11 is 0. The fourth-order valence-electron chi connectivity index (χ4n) is 1.33. The molecule has 0 aliphatic heterocycles. The Hall–Kier alpha value is -2.18. The summed E-state index contributed by atoms with van der Waals surface area (Å²) in [6.07, 6.45) is -0.791. The minimum atomic E-state index is -0.998.